The highest BCUT2D eigenvalue weighted by Crippen LogP contribution is 2.29. The lowest BCUT2D eigenvalue weighted by molar-refractivity contribution is 0.372. The number of methoxy groups -OCH3 is 1. The summed E-state index contributed by atoms with van der Waals surface area (Å²) in [5.41, 5.74) is 12.3. The van der Waals surface area contributed by atoms with Crippen LogP contribution in [0.4, 0.5) is 0 Å². The number of phenols is 1. The fourth-order valence-electron chi connectivity index (χ4n) is 1.43. The van der Waals surface area contributed by atoms with Crippen molar-refractivity contribution in [2.45, 2.75) is 18.9 Å². The van der Waals surface area contributed by atoms with Crippen molar-refractivity contribution in [2.24, 2.45) is 11.5 Å². The fourth-order valence-corrected chi connectivity index (χ4v) is 1.43. The monoisotopic (exact) mass is 246 g/mol. The average Bonchev–Trinajstić information content (AvgIpc) is 2.26. The van der Waals surface area contributed by atoms with Crippen molar-refractivity contribution in [3.63, 3.8) is 0 Å². The highest BCUT2D eigenvalue weighted by molar-refractivity contribution is 5.85. The molecule has 0 amide bonds. The van der Waals surface area contributed by atoms with E-state index in [0.717, 1.165) is 18.4 Å². The Kier molecular flexibility index (Phi) is 6.88. The Labute approximate surface area is 102 Å². The van der Waals surface area contributed by atoms with Crippen LogP contribution in [0.1, 0.15) is 24.4 Å². The summed E-state index contributed by atoms with van der Waals surface area (Å²) in [7, 11) is 1.52. The molecule has 0 radical (unpaired) electrons. The minimum absolute atomic E-state index is 0. The summed E-state index contributed by atoms with van der Waals surface area (Å²) in [6.45, 7) is 0.642. The molecular weight excluding hydrogens is 228 g/mol. The van der Waals surface area contributed by atoms with E-state index in [1.54, 1.807) is 18.2 Å². The molecule has 0 saturated carbocycles. The maximum atomic E-state index is 9.41. The van der Waals surface area contributed by atoms with Crippen LogP contribution in [-0.2, 0) is 0 Å². The first-order valence-electron chi connectivity index (χ1n) is 5.01. The molecule has 5 N–H and O–H groups in total. The highest BCUT2D eigenvalue weighted by atomic mass is 35.5. The van der Waals surface area contributed by atoms with E-state index in [4.69, 9.17) is 16.2 Å². The van der Waals surface area contributed by atoms with Crippen LogP contribution in [0.3, 0.4) is 0 Å². The lowest BCUT2D eigenvalue weighted by atomic mass is 10.0. The second-order valence-electron chi connectivity index (χ2n) is 3.47. The zero-order valence-corrected chi connectivity index (χ0v) is 10.2. The smallest absolute Gasteiger partial charge is 0.160 e. The molecule has 0 aliphatic carbocycles. The molecule has 92 valence electrons. The number of aromatic hydroxyl groups is 1. The minimum Gasteiger partial charge on any atom is -0.504 e. The Balaban J connectivity index is 0.00000225. The van der Waals surface area contributed by atoms with Gasteiger partial charge in [0.15, 0.2) is 11.5 Å². The van der Waals surface area contributed by atoms with E-state index < -0.39 is 0 Å². The van der Waals surface area contributed by atoms with Gasteiger partial charge in [0.25, 0.3) is 0 Å². The zero-order valence-electron chi connectivity index (χ0n) is 9.35. The summed E-state index contributed by atoms with van der Waals surface area (Å²) < 4.78 is 5.01. The van der Waals surface area contributed by atoms with E-state index in [1.165, 1.54) is 7.11 Å². The zero-order chi connectivity index (χ0) is 11.3. The summed E-state index contributed by atoms with van der Waals surface area (Å²) in [5.74, 6) is 0.586. The van der Waals surface area contributed by atoms with Crippen LogP contribution in [-0.4, -0.2) is 18.8 Å². The lowest BCUT2D eigenvalue weighted by Gasteiger charge is -2.13. The maximum absolute atomic E-state index is 9.41. The van der Waals surface area contributed by atoms with Gasteiger partial charge in [-0.15, -0.1) is 12.4 Å². The van der Waals surface area contributed by atoms with Crippen molar-refractivity contribution in [3.8, 4) is 11.5 Å². The Hall–Kier alpha value is -0.970. The van der Waals surface area contributed by atoms with Gasteiger partial charge in [0.2, 0.25) is 0 Å². The van der Waals surface area contributed by atoms with Crippen LogP contribution in [0.25, 0.3) is 0 Å². The molecule has 0 unspecified atom stereocenters. The lowest BCUT2D eigenvalue weighted by Crippen LogP contribution is -2.12. The predicted octanol–water partition coefficient (Wildman–Crippen LogP) is 1.56. The van der Waals surface area contributed by atoms with E-state index in [-0.39, 0.29) is 24.2 Å². The number of hydrogen-bond donors (Lipinski definition) is 3. The largest absolute Gasteiger partial charge is 0.504 e. The molecule has 16 heavy (non-hydrogen) atoms. The summed E-state index contributed by atoms with van der Waals surface area (Å²) in [5, 5.41) is 9.41. The number of nitrogens with two attached hydrogens (primary N) is 2. The van der Waals surface area contributed by atoms with Gasteiger partial charge in [0.1, 0.15) is 0 Å². The van der Waals surface area contributed by atoms with Gasteiger partial charge in [-0.1, -0.05) is 6.07 Å². The molecule has 4 nitrogen and oxygen atoms in total. The van der Waals surface area contributed by atoms with Gasteiger partial charge in [0, 0.05) is 6.04 Å². The highest BCUT2D eigenvalue weighted by Gasteiger charge is 2.08. The van der Waals surface area contributed by atoms with Gasteiger partial charge in [0.05, 0.1) is 7.11 Å². The summed E-state index contributed by atoms with van der Waals surface area (Å²) in [6.07, 6.45) is 1.73. The molecule has 1 aromatic rings. The first-order valence-corrected chi connectivity index (χ1v) is 5.01. The van der Waals surface area contributed by atoms with Crippen molar-refractivity contribution >= 4 is 12.4 Å². The van der Waals surface area contributed by atoms with Crippen molar-refractivity contribution in [3.05, 3.63) is 23.8 Å². The molecule has 0 bridgehead atoms. The number of rotatable bonds is 5. The standard InChI is InChI=1S/C11H18N2O2.ClH/c1-15-11-7-8(4-5-10(11)14)9(13)3-2-6-12;/h4-5,7,9,14H,2-3,6,12-13H2,1H3;1H/t9-;/m0./s1. The number of ether oxygens (including phenoxy) is 1. The normalized spacial score (nSPS) is 11.7. The first-order chi connectivity index (χ1) is 7.19. The second kappa shape index (κ2) is 7.33. The van der Waals surface area contributed by atoms with E-state index in [0.29, 0.717) is 12.3 Å². The molecule has 0 fully saturated rings. The molecule has 0 spiro atoms. The van der Waals surface area contributed by atoms with Gasteiger partial charge >= 0.3 is 0 Å². The van der Waals surface area contributed by atoms with E-state index in [9.17, 15) is 5.11 Å². The van der Waals surface area contributed by atoms with Crippen molar-refractivity contribution < 1.29 is 9.84 Å². The Morgan fingerprint density at radius 2 is 2.12 bits per heavy atom. The predicted molar refractivity (Wildman–Crippen MR) is 67.1 cm³/mol. The van der Waals surface area contributed by atoms with Gasteiger partial charge in [-0.2, -0.15) is 0 Å². The molecule has 1 rings (SSSR count). The van der Waals surface area contributed by atoms with Crippen LogP contribution in [0.15, 0.2) is 18.2 Å². The van der Waals surface area contributed by atoms with Crippen molar-refractivity contribution in [2.75, 3.05) is 13.7 Å². The third-order valence-corrected chi connectivity index (χ3v) is 2.35. The minimum atomic E-state index is -0.0527. The van der Waals surface area contributed by atoms with E-state index in [1.807, 2.05) is 0 Å². The van der Waals surface area contributed by atoms with E-state index in [2.05, 4.69) is 0 Å². The quantitative estimate of drug-likeness (QED) is 0.737. The Morgan fingerprint density at radius 1 is 1.44 bits per heavy atom. The van der Waals surface area contributed by atoms with Crippen molar-refractivity contribution in [1.29, 1.82) is 0 Å². The molecule has 5 heteroatoms. The van der Waals surface area contributed by atoms with Gasteiger partial charge in [-0.3, -0.25) is 0 Å². The van der Waals surface area contributed by atoms with Crippen LogP contribution < -0.4 is 16.2 Å². The molecule has 0 aliphatic rings. The summed E-state index contributed by atoms with van der Waals surface area (Å²) in [4.78, 5) is 0. The van der Waals surface area contributed by atoms with Gasteiger partial charge < -0.3 is 21.3 Å². The average molecular weight is 247 g/mol. The topological polar surface area (TPSA) is 81.5 Å². The molecular formula is C11H19ClN2O2. The van der Waals surface area contributed by atoms with Gasteiger partial charge in [-0.05, 0) is 37.1 Å². The van der Waals surface area contributed by atoms with Gasteiger partial charge in [-0.25, -0.2) is 0 Å². The van der Waals surface area contributed by atoms with Crippen molar-refractivity contribution in [1.82, 2.24) is 0 Å². The maximum Gasteiger partial charge on any atom is 0.160 e. The number of phenolic OH excluding ortho intramolecular Hbond substituents is 1. The molecule has 0 aromatic heterocycles. The SMILES string of the molecule is COc1cc([C@@H](N)CCCN)ccc1O.Cl. The summed E-state index contributed by atoms with van der Waals surface area (Å²) in [6, 6.07) is 5.11. The molecule has 0 aliphatic heterocycles. The number of benzene rings is 1. The molecule has 1 atom stereocenters. The molecule has 1 aromatic carbocycles. The summed E-state index contributed by atoms with van der Waals surface area (Å²) >= 11 is 0. The molecule has 0 heterocycles. The fraction of sp³-hybridized carbons (Fsp3) is 0.455. The number of halogens is 1. The van der Waals surface area contributed by atoms with Crippen LogP contribution in [0.2, 0.25) is 0 Å². The second-order valence-corrected chi connectivity index (χ2v) is 3.47. The Morgan fingerprint density at radius 3 is 2.69 bits per heavy atom. The van der Waals surface area contributed by atoms with Crippen LogP contribution in [0.5, 0.6) is 11.5 Å². The van der Waals surface area contributed by atoms with Crippen LogP contribution >= 0.6 is 12.4 Å². The first kappa shape index (κ1) is 15.0. The Bertz CT molecular complexity index is 321. The van der Waals surface area contributed by atoms with E-state index >= 15 is 0 Å². The third kappa shape index (κ3) is 3.89. The molecule has 0 saturated heterocycles. The van der Waals surface area contributed by atoms with Crippen LogP contribution in [0, 0.1) is 0 Å². The third-order valence-electron chi connectivity index (χ3n) is 2.35. The number of hydrogen-bond acceptors (Lipinski definition) is 4.